The molecule has 0 radical (unpaired) electrons. The number of amides is 2. The van der Waals surface area contributed by atoms with Crippen LogP contribution in [0.4, 0.5) is 14.5 Å². The molecule has 0 saturated carbocycles. The highest BCUT2D eigenvalue weighted by atomic mass is 19.1. The molecule has 4 nitrogen and oxygen atoms in total. The maximum atomic E-state index is 13.8. The molecule has 2 atom stereocenters. The van der Waals surface area contributed by atoms with E-state index in [1.807, 2.05) is 13.8 Å². The number of rotatable bonds is 3. The summed E-state index contributed by atoms with van der Waals surface area (Å²) in [7, 11) is 0. The molecule has 1 aliphatic heterocycles. The molecule has 1 fully saturated rings. The van der Waals surface area contributed by atoms with Crippen molar-refractivity contribution < 1.29 is 18.4 Å². The second-order valence-corrected chi connectivity index (χ2v) is 4.93. The van der Waals surface area contributed by atoms with Gasteiger partial charge in [-0.15, -0.1) is 0 Å². The van der Waals surface area contributed by atoms with Crippen molar-refractivity contribution in [3.8, 4) is 0 Å². The Morgan fingerprint density at radius 2 is 1.95 bits per heavy atom. The first-order valence-electron chi connectivity index (χ1n) is 6.50. The molecular weight excluding hydrogens is 266 g/mol. The first-order chi connectivity index (χ1) is 9.45. The van der Waals surface area contributed by atoms with Gasteiger partial charge in [0.2, 0.25) is 11.8 Å². The Balaban J connectivity index is 2.40. The molecule has 0 aliphatic carbocycles. The van der Waals surface area contributed by atoms with Gasteiger partial charge in [0.05, 0.1) is 0 Å². The predicted octanol–water partition coefficient (Wildman–Crippen LogP) is 1.84. The number of hydrogen-bond acceptors (Lipinski definition) is 2. The highest BCUT2D eigenvalue weighted by Gasteiger charge is 2.38. The monoisotopic (exact) mass is 282 g/mol. The maximum Gasteiger partial charge on any atom is 0.250 e. The summed E-state index contributed by atoms with van der Waals surface area (Å²) in [6, 6.07) is 2.60. The van der Waals surface area contributed by atoms with Gasteiger partial charge in [0.25, 0.3) is 0 Å². The Labute approximate surface area is 115 Å². The molecule has 20 heavy (non-hydrogen) atoms. The smallest absolute Gasteiger partial charge is 0.250 e. The zero-order valence-electron chi connectivity index (χ0n) is 11.3. The first kappa shape index (κ1) is 14.4. The third-order valence-electron chi connectivity index (χ3n) is 3.57. The lowest BCUT2D eigenvalue weighted by atomic mass is 9.96. The van der Waals surface area contributed by atoms with Crippen LogP contribution in [-0.2, 0) is 9.59 Å². The Hall–Kier alpha value is -1.98. The molecule has 2 rings (SSSR count). The van der Waals surface area contributed by atoms with Gasteiger partial charge in [-0.25, -0.2) is 8.78 Å². The lowest BCUT2D eigenvalue weighted by molar-refractivity contribution is -0.132. The molecular formula is C14H16F2N2O2. The average Bonchev–Trinajstić information content (AvgIpc) is 2.41. The minimum absolute atomic E-state index is 0.107. The number of nitrogens with one attached hydrogen (secondary N) is 1. The summed E-state index contributed by atoms with van der Waals surface area (Å²) in [5, 5.41) is 2.58. The van der Waals surface area contributed by atoms with E-state index in [1.165, 1.54) is 6.07 Å². The van der Waals surface area contributed by atoms with Gasteiger partial charge >= 0.3 is 0 Å². The van der Waals surface area contributed by atoms with E-state index in [9.17, 15) is 18.4 Å². The number of halogens is 2. The van der Waals surface area contributed by atoms with Gasteiger partial charge in [0, 0.05) is 0 Å². The lowest BCUT2D eigenvalue weighted by Crippen LogP contribution is -2.60. The summed E-state index contributed by atoms with van der Waals surface area (Å²) in [5.74, 6) is -2.71. The number of carbonyl (C=O) groups is 2. The Kier molecular flexibility index (Phi) is 4.01. The molecule has 2 unspecified atom stereocenters. The average molecular weight is 282 g/mol. The lowest BCUT2D eigenvalue weighted by Gasteiger charge is -2.35. The van der Waals surface area contributed by atoms with Gasteiger partial charge in [0.15, 0.2) is 0 Å². The van der Waals surface area contributed by atoms with Crippen molar-refractivity contribution in [2.24, 2.45) is 5.92 Å². The van der Waals surface area contributed by atoms with Crippen LogP contribution in [0.3, 0.4) is 0 Å². The van der Waals surface area contributed by atoms with Crippen LogP contribution < -0.4 is 10.2 Å². The third-order valence-corrected chi connectivity index (χ3v) is 3.57. The highest BCUT2D eigenvalue weighted by molar-refractivity contribution is 6.06. The van der Waals surface area contributed by atoms with E-state index in [-0.39, 0.29) is 12.5 Å². The number of piperazine rings is 1. The topological polar surface area (TPSA) is 49.4 Å². The number of carbonyl (C=O) groups excluding carboxylic acids is 2. The summed E-state index contributed by atoms with van der Waals surface area (Å²) >= 11 is 0. The van der Waals surface area contributed by atoms with Crippen LogP contribution >= 0.6 is 0 Å². The first-order valence-corrected chi connectivity index (χ1v) is 6.50. The minimum atomic E-state index is -0.851. The molecule has 1 saturated heterocycles. The van der Waals surface area contributed by atoms with Crippen molar-refractivity contribution in [1.82, 2.24) is 5.32 Å². The van der Waals surface area contributed by atoms with Gasteiger partial charge in [-0.05, 0) is 18.1 Å². The number of nitrogens with zero attached hydrogens (tertiary/aromatic N) is 1. The molecule has 1 N–H and O–H groups in total. The summed E-state index contributed by atoms with van der Waals surface area (Å²) < 4.78 is 27.6. The van der Waals surface area contributed by atoms with E-state index in [0.717, 1.165) is 17.0 Å². The predicted molar refractivity (Wildman–Crippen MR) is 70.1 cm³/mol. The van der Waals surface area contributed by atoms with Gasteiger partial charge < -0.3 is 5.32 Å². The van der Waals surface area contributed by atoms with Crippen molar-refractivity contribution in [1.29, 1.82) is 0 Å². The van der Waals surface area contributed by atoms with Crippen LogP contribution in [-0.4, -0.2) is 24.4 Å². The van der Waals surface area contributed by atoms with Gasteiger partial charge in [0.1, 0.15) is 29.9 Å². The fourth-order valence-electron chi connectivity index (χ4n) is 2.23. The van der Waals surface area contributed by atoms with Crippen LogP contribution in [0.5, 0.6) is 0 Å². The molecule has 0 spiro atoms. The van der Waals surface area contributed by atoms with Crippen molar-refractivity contribution in [2.45, 2.75) is 26.3 Å². The molecule has 6 heteroatoms. The molecule has 108 valence electrons. The van der Waals surface area contributed by atoms with Gasteiger partial charge in [-0.1, -0.05) is 26.3 Å². The van der Waals surface area contributed by atoms with Crippen molar-refractivity contribution in [3.63, 3.8) is 0 Å². The number of para-hydroxylation sites is 1. The largest absolute Gasteiger partial charge is 0.342 e. The van der Waals surface area contributed by atoms with E-state index in [0.29, 0.717) is 6.42 Å². The molecule has 2 amide bonds. The molecule has 1 aromatic carbocycles. The van der Waals surface area contributed by atoms with Crippen LogP contribution in [0.25, 0.3) is 0 Å². The van der Waals surface area contributed by atoms with E-state index in [2.05, 4.69) is 5.32 Å². The van der Waals surface area contributed by atoms with E-state index >= 15 is 0 Å². The van der Waals surface area contributed by atoms with Crippen molar-refractivity contribution >= 4 is 17.5 Å². The SMILES string of the molecule is CCC(C)C1NC(=O)CN(c2c(F)cccc2F)C1=O. The van der Waals surface area contributed by atoms with Crippen LogP contribution in [0.2, 0.25) is 0 Å². The highest BCUT2D eigenvalue weighted by Crippen LogP contribution is 2.26. The molecule has 1 heterocycles. The maximum absolute atomic E-state index is 13.8. The van der Waals surface area contributed by atoms with Gasteiger partial charge in [-0.3, -0.25) is 14.5 Å². The molecule has 0 bridgehead atoms. The third kappa shape index (κ3) is 2.50. The second kappa shape index (κ2) is 5.56. The summed E-state index contributed by atoms with van der Waals surface area (Å²) in [5.41, 5.74) is -0.458. The molecule has 1 aromatic rings. The van der Waals surface area contributed by atoms with E-state index in [4.69, 9.17) is 0 Å². The van der Waals surface area contributed by atoms with Crippen molar-refractivity contribution in [3.05, 3.63) is 29.8 Å². The van der Waals surface area contributed by atoms with E-state index in [1.54, 1.807) is 0 Å². The standard InChI is InChI=1S/C14H16F2N2O2/c1-3-8(2)12-14(20)18(7-11(19)17-12)13-9(15)5-4-6-10(13)16/h4-6,8,12H,3,7H2,1-2H3,(H,17,19). The van der Waals surface area contributed by atoms with Crippen LogP contribution in [0, 0.1) is 17.6 Å². The fraction of sp³-hybridized carbons (Fsp3) is 0.429. The Morgan fingerprint density at radius 1 is 1.35 bits per heavy atom. The quantitative estimate of drug-likeness (QED) is 0.919. The molecule has 1 aliphatic rings. The number of anilines is 1. The fourth-order valence-corrected chi connectivity index (χ4v) is 2.23. The number of hydrogen-bond donors (Lipinski definition) is 1. The summed E-state index contributed by atoms with van der Waals surface area (Å²) in [6.07, 6.45) is 0.671. The van der Waals surface area contributed by atoms with E-state index < -0.39 is 35.2 Å². The van der Waals surface area contributed by atoms with Crippen molar-refractivity contribution in [2.75, 3.05) is 11.4 Å². The Bertz CT molecular complexity index is 528. The number of benzene rings is 1. The molecule has 0 aromatic heterocycles. The summed E-state index contributed by atoms with van der Waals surface area (Å²) in [4.78, 5) is 24.9. The minimum Gasteiger partial charge on any atom is -0.342 e. The second-order valence-electron chi connectivity index (χ2n) is 4.93. The van der Waals surface area contributed by atoms with Crippen LogP contribution in [0.15, 0.2) is 18.2 Å². The summed E-state index contributed by atoms with van der Waals surface area (Å²) in [6.45, 7) is 3.32. The zero-order valence-corrected chi connectivity index (χ0v) is 11.3. The van der Waals surface area contributed by atoms with Gasteiger partial charge in [-0.2, -0.15) is 0 Å². The Morgan fingerprint density at radius 3 is 2.50 bits per heavy atom. The van der Waals surface area contributed by atoms with Crippen LogP contribution in [0.1, 0.15) is 20.3 Å². The zero-order chi connectivity index (χ0) is 14.9. The normalized spacial score (nSPS) is 20.8.